The maximum absolute atomic E-state index is 6.44. The van der Waals surface area contributed by atoms with Crippen LogP contribution in [0.3, 0.4) is 0 Å². The second kappa shape index (κ2) is 5.48. The number of hydrogen-bond donors (Lipinski definition) is 1. The lowest BCUT2D eigenvalue weighted by atomic mass is 9.70. The van der Waals surface area contributed by atoms with Gasteiger partial charge in [-0.2, -0.15) is 0 Å². The van der Waals surface area contributed by atoms with Crippen molar-refractivity contribution in [1.82, 2.24) is 0 Å². The van der Waals surface area contributed by atoms with Gasteiger partial charge in [-0.25, -0.2) is 0 Å². The lowest BCUT2D eigenvalue weighted by Crippen LogP contribution is -2.50. The molecule has 3 nitrogen and oxygen atoms in total. The van der Waals surface area contributed by atoms with Crippen LogP contribution in [0.1, 0.15) is 57.8 Å². The van der Waals surface area contributed by atoms with Crippen molar-refractivity contribution >= 4 is 0 Å². The van der Waals surface area contributed by atoms with E-state index in [-0.39, 0.29) is 5.60 Å². The van der Waals surface area contributed by atoms with Gasteiger partial charge in [0.25, 0.3) is 0 Å². The molecule has 3 aliphatic rings. The Morgan fingerprint density at radius 1 is 1.11 bits per heavy atom. The van der Waals surface area contributed by atoms with Gasteiger partial charge >= 0.3 is 0 Å². The van der Waals surface area contributed by atoms with Gasteiger partial charge in [-0.05, 0) is 63.7 Å². The Hall–Kier alpha value is -0.120. The minimum Gasteiger partial charge on any atom is -0.378 e. The highest BCUT2D eigenvalue weighted by atomic mass is 16.5. The van der Waals surface area contributed by atoms with Crippen LogP contribution in [0.2, 0.25) is 0 Å². The molecule has 3 unspecified atom stereocenters. The van der Waals surface area contributed by atoms with Gasteiger partial charge in [-0.3, -0.25) is 0 Å². The van der Waals surface area contributed by atoms with Gasteiger partial charge in [-0.15, -0.1) is 0 Å². The highest BCUT2D eigenvalue weighted by Crippen LogP contribution is 2.45. The fraction of sp³-hybridized carbons (Fsp3) is 1.00. The summed E-state index contributed by atoms with van der Waals surface area (Å²) in [7, 11) is 0. The lowest BCUT2D eigenvalue weighted by molar-refractivity contribution is -0.147. The maximum atomic E-state index is 6.44. The summed E-state index contributed by atoms with van der Waals surface area (Å²) in [4.78, 5) is 0. The zero-order valence-corrected chi connectivity index (χ0v) is 11.4. The van der Waals surface area contributed by atoms with E-state index in [1.807, 2.05) is 0 Å². The van der Waals surface area contributed by atoms with Crippen molar-refractivity contribution in [3.05, 3.63) is 0 Å². The first kappa shape index (κ1) is 12.9. The van der Waals surface area contributed by atoms with Crippen LogP contribution in [-0.2, 0) is 9.47 Å². The molecular formula is C15H27NO2. The van der Waals surface area contributed by atoms with Crippen molar-refractivity contribution in [3.63, 3.8) is 0 Å². The monoisotopic (exact) mass is 253 g/mol. The maximum Gasteiger partial charge on any atom is 0.0685 e. The molecule has 0 bridgehead atoms. The Bertz CT molecular complexity index is 272. The average molecular weight is 253 g/mol. The fourth-order valence-corrected chi connectivity index (χ4v) is 3.84. The van der Waals surface area contributed by atoms with Gasteiger partial charge in [-0.1, -0.05) is 0 Å². The second-order valence-electron chi connectivity index (χ2n) is 6.53. The highest BCUT2D eigenvalue weighted by molar-refractivity contribution is 4.96. The van der Waals surface area contributed by atoms with E-state index in [0.717, 1.165) is 26.1 Å². The third kappa shape index (κ3) is 2.73. The molecule has 0 aromatic rings. The standard InChI is InChI=1S/C15H27NO2/c16-14(10-13-4-1-2-8-17-13)12-5-9-18-15(11-12)6-3-7-15/h12-14H,1-11,16H2. The van der Waals surface area contributed by atoms with Crippen LogP contribution in [-0.4, -0.2) is 31.0 Å². The van der Waals surface area contributed by atoms with E-state index < -0.39 is 0 Å². The van der Waals surface area contributed by atoms with E-state index in [4.69, 9.17) is 15.2 Å². The van der Waals surface area contributed by atoms with Crippen molar-refractivity contribution in [2.24, 2.45) is 11.7 Å². The van der Waals surface area contributed by atoms with Crippen LogP contribution in [0.5, 0.6) is 0 Å². The summed E-state index contributed by atoms with van der Waals surface area (Å²) in [6.45, 7) is 1.86. The van der Waals surface area contributed by atoms with Gasteiger partial charge in [0.2, 0.25) is 0 Å². The van der Waals surface area contributed by atoms with Gasteiger partial charge in [0.15, 0.2) is 0 Å². The molecule has 3 fully saturated rings. The van der Waals surface area contributed by atoms with Crippen LogP contribution < -0.4 is 5.73 Å². The molecule has 0 aromatic heterocycles. The SMILES string of the molecule is NC(CC1CCCCO1)C1CCOC2(CCC2)C1. The number of rotatable bonds is 3. The Kier molecular flexibility index (Phi) is 3.92. The first-order chi connectivity index (χ1) is 8.77. The van der Waals surface area contributed by atoms with E-state index >= 15 is 0 Å². The highest BCUT2D eigenvalue weighted by Gasteiger charge is 2.43. The van der Waals surface area contributed by atoms with E-state index in [1.165, 1.54) is 44.9 Å². The number of hydrogen-bond acceptors (Lipinski definition) is 3. The van der Waals surface area contributed by atoms with E-state index in [0.29, 0.717) is 18.1 Å². The Labute approximate surface area is 110 Å². The molecule has 1 spiro atoms. The summed E-state index contributed by atoms with van der Waals surface area (Å²) in [5, 5.41) is 0. The Morgan fingerprint density at radius 2 is 2.00 bits per heavy atom. The van der Waals surface area contributed by atoms with E-state index in [1.54, 1.807) is 0 Å². The predicted octanol–water partition coefficient (Wildman–Crippen LogP) is 2.62. The average Bonchev–Trinajstić information content (AvgIpc) is 2.38. The normalized spacial score (nSPS) is 37.2. The van der Waals surface area contributed by atoms with Crippen LogP contribution in [0.4, 0.5) is 0 Å². The molecule has 0 radical (unpaired) electrons. The summed E-state index contributed by atoms with van der Waals surface area (Å²) >= 11 is 0. The minimum atomic E-state index is 0.230. The van der Waals surface area contributed by atoms with Gasteiger partial charge in [0, 0.05) is 19.3 Å². The zero-order chi connectivity index (χ0) is 12.4. The number of ether oxygens (including phenoxy) is 2. The van der Waals surface area contributed by atoms with E-state index in [2.05, 4.69) is 0 Å². The van der Waals surface area contributed by atoms with Crippen LogP contribution in [0.15, 0.2) is 0 Å². The zero-order valence-electron chi connectivity index (χ0n) is 11.4. The third-order valence-electron chi connectivity index (χ3n) is 5.21. The summed E-state index contributed by atoms with van der Waals surface area (Å²) in [5.74, 6) is 0.657. The topological polar surface area (TPSA) is 44.5 Å². The first-order valence-electron chi connectivity index (χ1n) is 7.79. The van der Waals surface area contributed by atoms with Gasteiger partial charge < -0.3 is 15.2 Å². The molecule has 2 saturated heterocycles. The third-order valence-corrected chi connectivity index (χ3v) is 5.21. The molecule has 104 valence electrons. The molecule has 2 N–H and O–H groups in total. The molecule has 18 heavy (non-hydrogen) atoms. The smallest absolute Gasteiger partial charge is 0.0685 e. The Morgan fingerprint density at radius 3 is 2.67 bits per heavy atom. The predicted molar refractivity (Wildman–Crippen MR) is 71.4 cm³/mol. The van der Waals surface area contributed by atoms with Crippen molar-refractivity contribution in [1.29, 1.82) is 0 Å². The molecule has 2 aliphatic heterocycles. The van der Waals surface area contributed by atoms with Crippen LogP contribution in [0, 0.1) is 5.92 Å². The number of nitrogens with two attached hydrogens (primary N) is 1. The second-order valence-corrected chi connectivity index (χ2v) is 6.53. The van der Waals surface area contributed by atoms with Gasteiger partial charge in [0.05, 0.1) is 11.7 Å². The molecular weight excluding hydrogens is 226 g/mol. The van der Waals surface area contributed by atoms with Gasteiger partial charge in [0.1, 0.15) is 0 Å². The first-order valence-corrected chi connectivity index (χ1v) is 7.79. The van der Waals surface area contributed by atoms with Crippen LogP contribution >= 0.6 is 0 Å². The molecule has 1 aliphatic carbocycles. The fourth-order valence-electron chi connectivity index (χ4n) is 3.84. The summed E-state index contributed by atoms with van der Waals surface area (Å²) < 4.78 is 11.8. The molecule has 0 aromatic carbocycles. The summed E-state index contributed by atoms with van der Waals surface area (Å²) in [6.07, 6.45) is 11.4. The van der Waals surface area contributed by atoms with Crippen molar-refractivity contribution in [2.45, 2.75) is 75.5 Å². The largest absolute Gasteiger partial charge is 0.378 e. The summed E-state index contributed by atoms with van der Waals surface area (Å²) in [5.41, 5.74) is 6.67. The van der Waals surface area contributed by atoms with Crippen molar-refractivity contribution in [3.8, 4) is 0 Å². The minimum absolute atomic E-state index is 0.230. The summed E-state index contributed by atoms with van der Waals surface area (Å²) in [6, 6.07) is 0.314. The molecule has 1 saturated carbocycles. The Balaban J connectivity index is 1.50. The molecule has 3 rings (SSSR count). The molecule has 2 heterocycles. The lowest BCUT2D eigenvalue weighted by Gasteiger charge is -2.48. The van der Waals surface area contributed by atoms with Crippen LogP contribution in [0.25, 0.3) is 0 Å². The molecule has 0 amide bonds. The quantitative estimate of drug-likeness (QED) is 0.841. The molecule has 3 heteroatoms. The molecule has 3 atom stereocenters. The van der Waals surface area contributed by atoms with E-state index in [9.17, 15) is 0 Å². The van der Waals surface area contributed by atoms with Crippen molar-refractivity contribution in [2.75, 3.05) is 13.2 Å². The van der Waals surface area contributed by atoms with Crippen molar-refractivity contribution < 1.29 is 9.47 Å².